The second kappa shape index (κ2) is 5.50. The molecule has 106 valence electrons. The molecule has 1 saturated carbocycles. The molecule has 1 N–H and O–H groups in total. The fourth-order valence-electron chi connectivity index (χ4n) is 3.81. The van der Waals surface area contributed by atoms with Crippen LogP contribution in [-0.2, 0) is 0 Å². The summed E-state index contributed by atoms with van der Waals surface area (Å²) in [5, 5.41) is 3.74. The molecule has 1 aliphatic heterocycles. The Balaban J connectivity index is 2.02. The minimum absolute atomic E-state index is 0.333. The van der Waals surface area contributed by atoms with Gasteiger partial charge in [0, 0.05) is 31.2 Å². The van der Waals surface area contributed by atoms with Crippen LogP contribution in [0.15, 0.2) is 0 Å². The third kappa shape index (κ3) is 2.91. The average molecular weight is 252 g/mol. The van der Waals surface area contributed by atoms with Crippen molar-refractivity contribution in [3.8, 4) is 0 Å². The van der Waals surface area contributed by atoms with Crippen molar-refractivity contribution in [3.05, 3.63) is 0 Å². The van der Waals surface area contributed by atoms with E-state index in [1.165, 1.54) is 51.6 Å². The third-order valence-corrected chi connectivity index (χ3v) is 5.73. The van der Waals surface area contributed by atoms with Gasteiger partial charge in [-0.2, -0.15) is 0 Å². The van der Waals surface area contributed by atoms with E-state index in [1.807, 2.05) is 0 Å². The minimum Gasteiger partial charge on any atom is -0.309 e. The highest BCUT2D eigenvalue weighted by molar-refractivity contribution is 4.96. The molecule has 2 atom stereocenters. The number of hydrogen-bond donors (Lipinski definition) is 1. The minimum atomic E-state index is 0.333. The molecule has 0 amide bonds. The van der Waals surface area contributed by atoms with Crippen molar-refractivity contribution in [3.63, 3.8) is 0 Å². The van der Waals surface area contributed by atoms with Crippen LogP contribution in [0.25, 0.3) is 0 Å². The van der Waals surface area contributed by atoms with E-state index < -0.39 is 0 Å². The normalized spacial score (nSPS) is 37.0. The molecule has 2 unspecified atom stereocenters. The fraction of sp³-hybridized carbons (Fsp3) is 1.00. The second-order valence-corrected chi connectivity index (χ2v) is 7.11. The monoisotopic (exact) mass is 252 g/mol. The topological polar surface area (TPSA) is 15.3 Å². The Labute approximate surface area is 114 Å². The van der Waals surface area contributed by atoms with Crippen LogP contribution in [0.1, 0.15) is 66.2 Å². The maximum atomic E-state index is 3.74. The Bertz CT molecular complexity index is 270. The molecule has 2 rings (SSSR count). The summed E-state index contributed by atoms with van der Waals surface area (Å²) in [6.45, 7) is 13.2. The lowest BCUT2D eigenvalue weighted by molar-refractivity contribution is 0.0474. The molecular formula is C16H32N2. The Morgan fingerprint density at radius 3 is 2.39 bits per heavy atom. The van der Waals surface area contributed by atoms with Crippen LogP contribution in [0.5, 0.6) is 0 Å². The van der Waals surface area contributed by atoms with Crippen LogP contribution >= 0.6 is 0 Å². The van der Waals surface area contributed by atoms with Gasteiger partial charge >= 0.3 is 0 Å². The Kier molecular flexibility index (Phi) is 4.38. The average Bonchev–Trinajstić information content (AvgIpc) is 2.83. The summed E-state index contributed by atoms with van der Waals surface area (Å²) in [5.74, 6) is 0. The van der Waals surface area contributed by atoms with E-state index in [-0.39, 0.29) is 0 Å². The first kappa shape index (κ1) is 14.3. The summed E-state index contributed by atoms with van der Waals surface area (Å²) >= 11 is 0. The van der Waals surface area contributed by atoms with Gasteiger partial charge in [0.05, 0.1) is 0 Å². The quantitative estimate of drug-likeness (QED) is 0.825. The van der Waals surface area contributed by atoms with Gasteiger partial charge in [-0.25, -0.2) is 0 Å². The lowest BCUT2D eigenvalue weighted by atomic mass is 9.81. The number of piperazine rings is 1. The summed E-state index contributed by atoms with van der Waals surface area (Å²) in [5.41, 5.74) is 0.973. The van der Waals surface area contributed by atoms with Gasteiger partial charge in [0.2, 0.25) is 0 Å². The van der Waals surface area contributed by atoms with Crippen LogP contribution in [0.2, 0.25) is 0 Å². The van der Waals surface area contributed by atoms with Gasteiger partial charge in [0.25, 0.3) is 0 Å². The largest absolute Gasteiger partial charge is 0.309 e. The molecule has 2 heteroatoms. The molecule has 2 aliphatic rings. The van der Waals surface area contributed by atoms with Crippen LogP contribution < -0.4 is 5.32 Å². The van der Waals surface area contributed by atoms with Crippen molar-refractivity contribution in [2.45, 2.75) is 77.8 Å². The Morgan fingerprint density at radius 2 is 1.83 bits per heavy atom. The van der Waals surface area contributed by atoms with Gasteiger partial charge < -0.3 is 5.32 Å². The Morgan fingerprint density at radius 1 is 1.17 bits per heavy atom. The maximum Gasteiger partial charge on any atom is 0.0278 e. The molecular weight excluding hydrogens is 220 g/mol. The molecule has 18 heavy (non-hydrogen) atoms. The number of rotatable bonds is 4. The molecule has 0 spiro atoms. The summed E-state index contributed by atoms with van der Waals surface area (Å²) in [7, 11) is 0. The summed E-state index contributed by atoms with van der Waals surface area (Å²) in [6.07, 6.45) is 8.44. The number of hydrogen-bond acceptors (Lipinski definition) is 2. The van der Waals surface area contributed by atoms with E-state index in [9.17, 15) is 0 Å². The van der Waals surface area contributed by atoms with Gasteiger partial charge in [-0.3, -0.25) is 4.90 Å². The maximum absolute atomic E-state index is 3.74. The number of nitrogens with zero attached hydrogens (tertiary/aromatic N) is 1. The first-order chi connectivity index (χ1) is 8.52. The van der Waals surface area contributed by atoms with Gasteiger partial charge in [-0.15, -0.1) is 0 Å². The van der Waals surface area contributed by atoms with Crippen molar-refractivity contribution in [1.82, 2.24) is 10.2 Å². The molecule has 0 aromatic carbocycles. The van der Waals surface area contributed by atoms with Crippen LogP contribution in [-0.4, -0.2) is 36.1 Å². The predicted octanol–water partition coefficient (Wildman–Crippen LogP) is 3.42. The zero-order chi connectivity index (χ0) is 13.2. The van der Waals surface area contributed by atoms with Crippen LogP contribution in [0.4, 0.5) is 0 Å². The van der Waals surface area contributed by atoms with E-state index in [0.29, 0.717) is 17.0 Å². The molecule has 0 radical (unpaired) electrons. The molecule has 1 saturated heterocycles. The van der Waals surface area contributed by atoms with Crippen molar-refractivity contribution in [2.24, 2.45) is 5.41 Å². The van der Waals surface area contributed by atoms with Crippen LogP contribution in [0.3, 0.4) is 0 Å². The molecule has 0 aromatic rings. The fourth-order valence-corrected chi connectivity index (χ4v) is 3.81. The lowest BCUT2D eigenvalue weighted by Gasteiger charge is -2.48. The van der Waals surface area contributed by atoms with Gasteiger partial charge in [0.1, 0.15) is 0 Å². The molecule has 2 fully saturated rings. The van der Waals surface area contributed by atoms with E-state index >= 15 is 0 Å². The third-order valence-electron chi connectivity index (χ3n) is 5.73. The number of nitrogens with one attached hydrogen (secondary N) is 1. The highest BCUT2D eigenvalue weighted by Crippen LogP contribution is 2.42. The van der Waals surface area contributed by atoms with Gasteiger partial charge in [0.15, 0.2) is 0 Å². The molecule has 1 aliphatic carbocycles. The first-order valence-electron chi connectivity index (χ1n) is 8.02. The smallest absolute Gasteiger partial charge is 0.0278 e. The van der Waals surface area contributed by atoms with E-state index in [0.717, 1.165) is 6.54 Å². The SMILES string of the molecule is CCC1(CN2CC(C)(CC)NCC2C)CCCC1. The van der Waals surface area contributed by atoms with E-state index in [1.54, 1.807) is 0 Å². The van der Waals surface area contributed by atoms with Crippen molar-refractivity contribution in [2.75, 3.05) is 19.6 Å². The summed E-state index contributed by atoms with van der Waals surface area (Å²) in [6, 6.07) is 0.702. The summed E-state index contributed by atoms with van der Waals surface area (Å²) in [4.78, 5) is 2.77. The zero-order valence-electron chi connectivity index (χ0n) is 12.9. The zero-order valence-corrected chi connectivity index (χ0v) is 12.9. The molecule has 0 aromatic heterocycles. The molecule has 2 nitrogen and oxygen atoms in total. The molecule has 1 heterocycles. The van der Waals surface area contributed by atoms with Gasteiger partial charge in [-0.1, -0.05) is 26.7 Å². The lowest BCUT2D eigenvalue weighted by Crippen LogP contribution is -2.63. The van der Waals surface area contributed by atoms with Crippen molar-refractivity contribution >= 4 is 0 Å². The van der Waals surface area contributed by atoms with Crippen molar-refractivity contribution < 1.29 is 0 Å². The van der Waals surface area contributed by atoms with Crippen molar-refractivity contribution in [1.29, 1.82) is 0 Å². The highest BCUT2D eigenvalue weighted by atomic mass is 15.3. The second-order valence-electron chi connectivity index (χ2n) is 7.11. The predicted molar refractivity (Wildman–Crippen MR) is 78.9 cm³/mol. The van der Waals surface area contributed by atoms with Crippen LogP contribution in [0, 0.1) is 5.41 Å². The van der Waals surface area contributed by atoms with Gasteiger partial charge in [-0.05, 0) is 44.9 Å². The first-order valence-corrected chi connectivity index (χ1v) is 8.02. The highest BCUT2D eigenvalue weighted by Gasteiger charge is 2.39. The van der Waals surface area contributed by atoms with E-state index in [2.05, 4.69) is 37.9 Å². The summed E-state index contributed by atoms with van der Waals surface area (Å²) < 4.78 is 0. The van der Waals surface area contributed by atoms with E-state index in [4.69, 9.17) is 0 Å². The standard InChI is InChI=1S/C16H32N2/c1-5-15(4)12-18(14(3)11-17-15)13-16(6-2)9-7-8-10-16/h14,17H,5-13H2,1-4H3. The molecule has 0 bridgehead atoms. The Hall–Kier alpha value is -0.0800.